The number of hydrogen-bond donors (Lipinski definition) is 0. The molecular formula is C11H14BrF. The third kappa shape index (κ3) is 3.11. The zero-order valence-electron chi connectivity index (χ0n) is 7.71. The lowest BCUT2D eigenvalue weighted by molar-refractivity contribution is 0.308. The maximum Gasteiger partial charge on any atom is 0.117 e. The Labute approximate surface area is 87.3 Å². The third-order valence-electron chi connectivity index (χ3n) is 2.00. The molecule has 0 bridgehead atoms. The number of hydrogen-bond acceptors (Lipinski definition) is 0. The van der Waals surface area contributed by atoms with E-state index in [2.05, 4.69) is 15.9 Å². The van der Waals surface area contributed by atoms with Gasteiger partial charge in [0.1, 0.15) is 6.17 Å². The van der Waals surface area contributed by atoms with Crippen LogP contribution < -0.4 is 0 Å². The molecule has 0 saturated carbocycles. The van der Waals surface area contributed by atoms with Crippen molar-refractivity contribution in [2.75, 3.05) is 0 Å². The highest BCUT2D eigenvalue weighted by molar-refractivity contribution is 9.09. The Morgan fingerprint density at radius 1 is 1.31 bits per heavy atom. The fourth-order valence-corrected chi connectivity index (χ4v) is 1.84. The second-order valence-electron chi connectivity index (χ2n) is 3.12. The monoisotopic (exact) mass is 244 g/mol. The highest BCUT2D eigenvalue weighted by Gasteiger charge is 2.18. The van der Waals surface area contributed by atoms with Crippen molar-refractivity contribution < 1.29 is 4.39 Å². The standard InChI is InChI=1S/C11H14BrF/c1-2-6-10(13)11(12)9-7-4-3-5-8-9/h3-5,7-8,10-11H,2,6H2,1H3. The molecule has 2 heteroatoms. The van der Waals surface area contributed by atoms with E-state index >= 15 is 0 Å². The predicted molar refractivity (Wildman–Crippen MR) is 57.9 cm³/mol. The van der Waals surface area contributed by atoms with Gasteiger partial charge in [0.05, 0.1) is 4.83 Å². The van der Waals surface area contributed by atoms with Crippen LogP contribution in [0.4, 0.5) is 4.39 Å². The van der Waals surface area contributed by atoms with E-state index in [-0.39, 0.29) is 4.83 Å². The van der Waals surface area contributed by atoms with Crippen LogP contribution in [-0.2, 0) is 0 Å². The summed E-state index contributed by atoms with van der Waals surface area (Å²) in [6.07, 6.45) is 0.716. The van der Waals surface area contributed by atoms with E-state index in [0.717, 1.165) is 12.0 Å². The average Bonchev–Trinajstić information content (AvgIpc) is 2.18. The molecule has 2 atom stereocenters. The average molecular weight is 245 g/mol. The van der Waals surface area contributed by atoms with E-state index in [9.17, 15) is 4.39 Å². The van der Waals surface area contributed by atoms with Crippen LogP contribution in [0.2, 0.25) is 0 Å². The van der Waals surface area contributed by atoms with E-state index in [1.807, 2.05) is 37.3 Å². The molecule has 2 unspecified atom stereocenters. The molecule has 0 nitrogen and oxygen atoms in total. The molecule has 0 aliphatic heterocycles. The van der Waals surface area contributed by atoms with Gasteiger partial charge in [-0.1, -0.05) is 59.6 Å². The number of benzene rings is 1. The Bertz CT molecular complexity index is 235. The molecule has 0 heterocycles. The summed E-state index contributed by atoms with van der Waals surface area (Å²) >= 11 is 3.38. The van der Waals surface area contributed by atoms with Crippen molar-refractivity contribution in [3.8, 4) is 0 Å². The van der Waals surface area contributed by atoms with Gasteiger partial charge in [0.15, 0.2) is 0 Å². The SMILES string of the molecule is CCCC(F)C(Br)c1ccccc1. The molecule has 1 aromatic rings. The summed E-state index contributed by atoms with van der Waals surface area (Å²) in [5.74, 6) is 0. The lowest BCUT2D eigenvalue weighted by Crippen LogP contribution is -2.07. The van der Waals surface area contributed by atoms with Gasteiger partial charge in [-0.15, -0.1) is 0 Å². The maximum absolute atomic E-state index is 13.4. The van der Waals surface area contributed by atoms with Crippen LogP contribution in [0.15, 0.2) is 30.3 Å². The first-order valence-corrected chi connectivity index (χ1v) is 5.50. The summed E-state index contributed by atoms with van der Waals surface area (Å²) in [4.78, 5) is -0.159. The number of alkyl halides is 2. The molecule has 0 N–H and O–H groups in total. The molecule has 0 fully saturated rings. The molecule has 1 aromatic carbocycles. The van der Waals surface area contributed by atoms with Crippen LogP contribution in [0.3, 0.4) is 0 Å². The summed E-state index contributed by atoms with van der Waals surface area (Å²) in [5, 5.41) is 0. The topological polar surface area (TPSA) is 0 Å². The van der Waals surface area contributed by atoms with Gasteiger partial charge in [-0.2, -0.15) is 0 Å². The van der Waals surface area contributed by atoms with Gasteiger partial charge in [0, 0.05) is 0 Å². The quantitative estimate of drug-likeness (QED) is 0.695. The summed E-state index contributed by atoms with van der Waals surface area (Å²) < 4.78 is 13.4. The van der Waals surface area contributed by atoms with E-state index in [1.165, 1.54) is 0 Å². The first kappa shape index (κ1) is 10.7. The number of halogens is 2. The van der Waals surface area contributed by atoms with Gasteiger partial charge in [0.2, 0.25) is 0 Å². The summed E-state index contributed by atoms with van der Waals surface area (Å²) in [6, 6.07) is 9.70. The molecule has 0 spiro atoms. The molecule has 13 heavy (non-hydrogen) atoms. The van der Waals surface area contributed by atoms with Crippen molar-refractivity contribution in [2.24, 2.45) is 0 Å². The Morgan fingerprint density at radius 3 is 2.46 bits per heavy atom. The zero-order chi connectivity index (χ0) is 9.68. The van der Waals surface area contributed by atoms with Crippen molar-refractivity contribution in [2.45, 2.75) is 30.8 Å². The van der Waals surface area contributed by atoms with Crippen LogP contribution in [0.5, 0.6) is 0 Å². The molecule has 0 aliphatic carbocycles. The Morgan fingerprint density at radius 2 is 1.92 bits per heavy atom. The molecule has 0 aromatic heterocycles. The lowest BCUT2D eigenvalue weighted by Gasteiger charge is -2.14. The molecule has 0 radical (unpaired) electrons. The first-order chi connectivity index (χ1) is 6.25. The largest absolute Gasteiger partial charge is 0.246 e. The minimum absolute atomic E-state index is 0.159. The van der Waals surface area contributed by atoms with Gasteiger partial charge >= 0.3 is 0 Å². The van der Waals surface area contributed by atoms with Gasteiger partial charge in [-0.05, 0) is 12.0 Å². The fraction of sp³-hybridized carbons (Fsp3) is 0.455. The predicted octanol–water partition coefficient (Wildman–Crippen LogP) is 4.26. The van der Waals surface area contributed by atoms with Crippen LogP contribution in [-0.4, -0.2) is 6.17 Å². The zero-order valence-corrected chi connectivity index (χ0v) is 9.30. The van der Waals surface area contributed by atoms with Crippen LogP contribution >= 0.6 is 15.9 Å². The third-order valence-corrected chi connectivity index (χ3v) is 3.10. The van der Waals surface area contributed by atoms with Gasteiger partial charge in [-0.25, -0.2) is 4.39 Å². The Balaban J connectivity index is 2.62. The Hall–Kier alpha value is -0.370. The molecule has 0 amide bonds. The second-order valence-corrected chi connectivity index (χ2v) is 4.10. The van der Waals surface area contributed by atoms with Crippen molar-refractivity contribution >= 4 is 15.9 Å². The fourth-order valence-electron chi connectivity index (χ4n) is 1.27. The maximum atomic E-state index is 13.4. The highest BCUT2D eigenvalue weighted by Crippen LogP contribution is 2.30. The van der Waals surface area contributed by atoms with Crippen molar-refractivity contribution in [3.05, 3.63) is 35.9 Å². The lowest BCUT2D eigenvalue weighted by atomic mass is 10.1. The van der Waals surface area contributed by atoms with Crippen molar-refractivity contribution in [1.29, 1.82) is 0 Å². The molecule has 72 valence electrons. The van der Waals surface area contributed by atoms with E-state index in [1.54, 1.807) is 0 Å². The van der Waals surface area contributed by atoms with Crippen molar-refractivity contribution in [3.63, 3.8) is 0 Å². The highest BCUT2D eigenvalue weighted by atomic mass is 79.9. The number of rotatable bonds is 4. The van der Waals surface area contributed by atoms with E-state index in [4.69, 9.17) is 0 Å². The minimum atomic E-state index is -0.785. The van der Waals surface area contributed by atoms with Crippen LogP contribution in [0, 0.1) is 0 Å². The van der Waals surface area contributed by atoms with E-state index in [0.29, 0.717) is 6.42 Å². The van der Waals surface area contributed by atoms with Crippen LogP contribution in [0.25, 0.3) is 0 Å². The van der Waals surface area contributed by atoms with Gasteiger partial charge < -0.3 is 0 Å². The smallest absolute Gasteiger partial charge is 0.117 e. The van der Waals surface area contributed by atoms with Crippen molar-refractivity contribution in [1.82, 2.24) is 0 Å². The van der Waals surface area contributed by atoms with Gasteiger partial charge in [0.25, 0.3) is 0 Å². The van der Waals surface area contributed by atoms with Gasteiger partial charge in [-0.3, -0.25) is 0 Å². The normalized spacial score (nSPS) is 15.3. The van der Waals surface area contributed by atoms with Crippen LogP contribution in [0.1, 0.15) is 30.2 Å². The first-order valence-electron chi connectivity index (χ1n) is 4.58. The summed E-state index contributed by atoms with van der Waals surface area (Å²) in [5.41, 5.74) is 1.02. The Kier molecular flexibility index (Phi) is 4.43. The molecule has 0 aliphatic rings. The molecular weight excluding hydrogens is 231 g/mol. The van der Waals surface area contributed by atoms with E-state index < -0.39 is 6.17 Å². The summed E-state index contributed by atoms with van der Waals surface area (Å²) in [6.45, 7) is 2.00. The molecule has 0 saturated heterocycles. The summed E-state index contributed by atoms with van der Waals surface area (Å²) in [7, 11) is 0. The minimum Gasteiger partial charge on any atom is -0.246 e. The molecule has 1 rings (SSSR count). The second kappa shape index (κ2) is 5.38.